The molecule has 0 saturated heterocycles. The molecule has 0 unspecified atom stereocenters. The first-order valence-corrected chi connectivity index (χ1v) is 9.06. The maximum Gasteiger partial charge on any atom is 0.143 e. The van der Waals surface area contributed by atoms with Gasteiger partial charge in [-0.15, -0.1) is 0 Å². The first-order valence-electron chi connectivity index (χ1n) is 9.06. The first kappa shape index (κ1) is 16.8. The van der Waals surface area contributed by atoms with Crippen LogP contribution in [0.2, 0.25) is 0 Å². The highest BCUT2D eigenvalue weighted by Gasteiger charge is 2.30. The molecular weight excluding hydrogens is 326 g/mol. The lowest BCUT2D eigenvalue weighted by atomic mass is 9.94. The minimum Gasteiger partial charge on any atom is -0.361 e. The van der Waals surface area contributed by atoms with E-state index in [1.807, 2.05) is 13.8 Å². The van der Waals surface area contributed by atoms with Crippen molar-refractivity contribution in [1.82, 2.24) is 25.1 Å². The fourth-order valence-corrected chi connectivity index (χ4v) is 3.74. The summed E-state index contributed by atoms with van der Waals surface area (Å²) in [5, 5.41) is 4.11. The van der Waals surface area contributed by atoms with Gasteiger partial charge in [-0.05, 0) is 26.3 Å². The van der Waals surface area contributed by atoms with Crippen LogP contribution in [-0.2, 0) is 12.8 Å². The second-order valence-electron chi connectivity index (χ2n) is 7.35. The van der Waals surface area contributed by atoms with E-state index in [0.717, 1.165) is 64.0 Å². The number of aromatic nitrogens is 5. The van der Waals surface area contributed by atoms with Gasteiger partial charge in [-0.3, -0.25) is 9.97 Å². The molecule has 6 nitrogen and oxygen atoms in total. The molecule has 0 N–H and O–H groups in total. The Morgan fingerprint density at radius 3 is 2.19 bits per heavy atom. The van der Waals surface area contributed by atoms with Crippen molar-refractivity contribution in [2.75, 3.05) is 0 Å². The molecular formula is C20H23N5O. The third-order valence-electron chi connectivity index (χ3n) is 5.11. The van der Waals surface area contributed by atoms with Crippen molar-refractivity contribution < 1.29 is 4.52 Å². The Labute approximate surface area is 153 Å². The highest BCUT2D eigenvalue weighted by atomic mass is 16.5. The Bertz CT molecular complexity index is 932. The maximum absolute atomic E-state index is 5.39. The van der Waals surface area contributed by atoms with Crippen LogP contribution in [0.4, 0.5) is 0 Å². The average Bonchev–Trinajstić information content (AvgIpc) is 3.18. The minimum absolute atomic E-state index is 0.244. The molecule has 0 spiro atoms. The summed E-state index contributed by atoms with van der Waals surface area (Å²) in [7, 11) is 0. The molecule has 4 rings (SSSR count). The standard InChI is InChI=1S/C20H23N5O/c1-10(2)20-23-18(14-8-15-16(9-14)22-7-6-21-15)11(3)19(24-20)17-12(4)25-26-13(17)5/h6-7,10,14H,8-9H2,1-5H3. The molecule has 6 heteroatoms. The molecule has 1 aliphatic rings. The summed E-state index contributed by atoms with van der Waals surface area (Å²) >= 11 is 0. The van der Waals surface area contributed by atoms with Crippen molar-refractivity contribution in [3.63, 3.8) is 0 Å². The molecule has 0 atom stereocenters. The summed E-state index contributed by atoms with van der Waals surface area (Å²) in [6.45, 7) is 10.2. The van der Waals surface area contributed by atoms with Gasteiger partial charge in [0.05, 0.1) is 34.0 Å². The van der Waals surface area contributed by atoms with Gasteiger partial charge in [0.1, 0.15) is 11.6 Å². The van der Waals surface area contributed by atoms with E-state index in [1.165, 1.54) is 0 Å². The Morgan fingerprint density at radius 1 is 1.00 bits per heavy atom. The Morgan fingerprint density at radius 2 is 1.65 bits per heavy atom. The van der Waals surface area contributed by atoms with Crippen LogP contribution in [0.25, 0.3) is 11.3 Å². The zero-order valence-corrected chi connectivity index (χ0v) is 15.9. The summed E-state index contributed by atoms with van der Waals surface area (Å²) in [6.07, 6.45) is 5.28. The predicted octanol–water partition coefficient (Wildman–Crippen LogP) is 3.85. The van der Waals surface area contributed by atoms with Gasteiger partial charge in [-0.25, -0.2) is 9.97 Å². The molecule has 26 heavy (non-hydrogen) atoms. The number of fused-ring (bicyclic) bond motifs is 1. The minimum atomic E-state index is 0.244. The molecule has 0 radical (unpaired) electrons. The molecule has 0 amide bonds. The van der Waals surface area contributed by atoms with Gasteiger partial charge in [0, 0.05) is 37.1 Å². The summed E-state index contributed by atoms with van der Waals surface area (Å²) in [5.74, 6) is 2.18. The quantitative estimate of drug-likeness (QED) is 0.715. The van der Waals surface area contributed by atoms with E-state index in [-0.39, 0.29) is 11.8 Å². The van der Waals surface area contributed by atoms with Crippen molar-refractivity contribution in [3.05, 3.63) is 52.3 Å². The monoisotopic (exact) mass is 349 g/mol. The van der Waals surface area contributed by atoms with Crippen LogP contribution in [-0.4, -0.2) is 25.1 Å². The van der Waals surface area contributed by atoms with Gasteiger partial charge in [0.2, 0.25) is 0 Å². The second kappa shape index (κ2) is 6.27. The van der Waals surface area contributed by atoms with Crippen molar-refractivity contribution >= 4 is 0 Å². The first-order chi connectivity index (χ1) is 12.5. The van der Waals surface area contributed by atoms with E-state index in [1.54, 1.807) is 12.4 Å². The lowest BCUT2D eigenvalue weighted by Crippen LogP contribution is -2.11. The number of nitrogens with zero attached hydrogens (tertiary/aromatic N) is 5. The van der Waals surface area contributed by atoms with Gasteiger partial charge in [-0.1, -0.05) is 19.0 Å². The van der Waals surface area contributed by atoms with E-state index in [0.29, 0.717) is 0 Å². The molecule has 0 bridgehead atoms. The third-order valence-corrected chi connectivity index (χ3v) is 5.11. The molecule has 3 aromatic heterocycles. The van der Waals surface area contributed by atoms with Crippen LogP contribution in [0.15, 0.2) is 16.9 Å². The van der Waals surface area contributed by atoms with Gasteiger partial charge < -0.3 is 4.52 Å². The van der Waals surface area contributed by atoms with E-state index < -0.39 is 0 Å². The number of aryl methyl sites for hydroxylation is 2. The predicted molar refractivity (Wildman–Crippen MR) is 98.0 cm³/mol. The van der Waals surface area contributed by atoms with E-state index in [4.69, 9.17) is 14.5 Å². The van der Waals surface area contributed by atoms with Crippen LogP contribution in [0.3, 0.4) is 0 Å². The lowest BCUT2D eigenvalue weighted by molar-refractivity contribution is 0.393. The largest absolute Gasteiger partial charge is 0.361 e. The molecule has 1 aliphatic carbocycles. The van der Waals surface area contributed by atoms with Crippen LogP contribution in [0, 0.1) is 20.8 Å². The van der Waals surface area contributed by atoms with Crippen molar-refractivity contribution in [2.45, 2.75) is 59.3 Å². The summed E-state index contributed by atoms with van der Waals surface area (Å²) < 4.78 is 5.39. The molecule has 3 aromatic rings. The molecule has 3 heterocycles. The number of hydrogen-bond acceptors (Lipinski definition) is 6. The van der Waals surface area contributed by atoms with Crippen LogP contribution in [0.5, 0.6) is 0 Å². The highest BCUT2D eigenvalue weighted by molar-refractivity contribution is 5.68. The van der Waals surface area contributed by atoms with Gasteiger partial charge in [0.25, 0.3) is 0 Å². The van der Waals surface area contributed by atoms with Crippen LogP contribution < -0.4 is 0 Å². The van der Waals surface area contributed by atoms with Crippen molar-refractivity contribution in [2.24, 2.45) is 0 Å². The number of hydrogen-bond donors (Lipinski definition) is 0. The summed E-state index contributed by atoms with van der Waals surface area (Å²) in [5.41, 5.74) is 7.15. The SMILES string of the molecule is Cc1noc(C)c1-c1nc(C(C)C)nc(C2Cc3nccnc3C2)c1C. The van der Waals surface area contributed by atoms with Gasteiger partial charge in [0.15, 0.2) is 0 Å². The van der Waals surface area contributed by atoms with Crippen LogP contribution >= 0.6 is 0 Å². The second-order valence-corrected chi connectivity index (χ2v) is 7.35. The average molecular weight is 349 g/mol. The van der Waals surface area contributed by atoms with Gasteiger partial charge in [-0.2, -0.15) is 0 Å². The fourth-order valence-electron chi connectivity index (χ4n) is 3.74. The molecule has 0 aliphatic heterocycles. The fraction of sp³-hybridized carbons (Fsp3) is 0.450. The zero-order valence-electron chi connectivity index (χ0n) is 15.9. The molecule has 0 saturated carbocycles. The van der Waals surface area contributed by atoms with Crippen LogP contribution in [0.1, 0.15) is 65.6 Å². The van der Waals surface area contributed by atoms with E-state index >= 15 is 0 Å². The highest BCUT2D eigenvalue weighted by Crippen LogP contribution is 2.37. The third kappa shape index (κ3) is 2.69. The summed E-state index contributed by atoms with van der Waals surface area (Å²) in [6, 6.07) is 0. The Hall–Kier alpha value is -2.63. The smallest absolute Gasteiger partial charge is 0.143 e. The molecule has 0 fully saturated rings. The van der Waals surface area contributed by atoms with E-state index in [2.05, 4.69) is 35.9 Å². The molecule has 0 aromatic carbocycles. The lowest BCUT2D eigenvalue weighted by Gasteiger charge is -2.18. The van der Waals surface area contributed by atoms with E-state index in [9.17, 15) is 0 Å². The topological polar surface area (TPSA) is 77.6 Å². The normalized spacial score (nSPS) is 14.2. The Kier molecular flexibility index (Phi) is 4.05. The van der Waals surface area contributed by atoms with Crippen molar-refractivity contribution in [3.8, 4) is 11.3 Å². The van der Waals surface area contributed by atoms with Gasteiger partial charge >= 0.3 is 0 Å². The Balaban J connectivity index is 1.86. The van der Waals surface area contributed by atoms with Crippen molar-refractivity contribution in [1.29, 1.82) is 0 Å². The molecule has 134 valence electrons. The summed E-state index contributed by atoms with van der Waals surface area (Å²) in [4.78, 5) is 18.8. The number of rotatable bonds is 3. The maximum atomic E-state index is 5.39. The zero-order chi connectivity index (χ0) is 18.4.